The van der Waals surface area contributed by atoms with Crippen molar-refractivity contribution in [3.05, 3.63) is 47.1 Å². The molecule has 21 heavy (non-hydrogen) atoms. The first-order valence-corrected chi connectivity index (χ1v) is 7.13. The normalized spacial score (nSPS) is 18.9. The number of aliphatic imine (C=N–C) groups is 1. The summed E-state index contributed by atoms with van der Waals surface area (Å²) in [6, 6.07) is 5.53. The van der Waals surface area contributed by atoms with E-state index < -0.39 is 6.04 Å². The minimum absolute atomic E-state index is 0.480. The fourth-order valence-electron chi connectivity index (χ4n) is 2.52. The molecule has 1 aliphatic carbocycles. The molecule has 5 heteroatoms. The summed E-state index contributed by atoms with van der Waals surface area (Å²) in [4.78, 5) is 17.5. The quantitative estimate of drug-likeness (QED) is 0.793. The standard InChI is InChI=1S/C16H17N3O2/c1-3-19(4-2)12-6-8-14-16(10-12)21-15-9-11(18-20)5-7-13(15)17-14/h5-11H,3-4H2,1-2H3. The summed E-state index contributed by atoms with van der Waals surface area (Å²) >= 11 is 0. The second-order valence-electron chi connectivity index (χ2n) is 4.91. The summed E-state index contributed by atoms with van der Waals surface area (Å²) in [6.45, 7) is 6.11. The fraction of sp³-hybridized carbons (Fsp3) is 0.312. The van der Waals surface area contributed by atoms with Crippen molar-refractivity contribution in [1.29, 1.82) is 0 Å². The van der Waals surface area contributed by atoms with Crippen LogP contribution < -0.4 is 9.64 Å². The van der Waals surface area contributed by atoms with Gasteiger partial charge in [-0.25, -0.2) is 4.99 Å². The van der Waals surface area contributed by atoms with Gasteiger partial charge in [0.05, 0.1) is 0 Å². The Balaban J connectivity index is 1.97. The van der Waals surface area contributed by atoms with Crippen LogP contribution in [0.15, 0.2) is 52.4 Å². The molecule has 0 N–H and O–H groups in total. The average molecular weight is 283 g/mol. The van der Waals surface area contributed by atoms with Crippen molar-refractivity contribution in [3.63, 3.8) is 0 Å². The number of nitrogens with zero attached hydrogens (tertiary/aromatic N) is 3. The van der Waals surface area contributed by atoms with Gasteiger partial charge in [0.25, 0.3) is 0 Å². The van der Waals surface area contributed by atoms with E-state index in [9.17, 15) is 4.91 Å². The van der Waals surface area contributed by atoms with Gasteiger partial charge < -0.3 is 9.64 Å². The number of hydrogen-bond donors (Lipinski definition) is 0. The van der Waals surface area contributed by atoms with E-state index in [1.807, 2.05) is 12.1 Å². The number of ether oxygens (including phenoxy) is 1. The van der Waals surface area contributed by atoms with Crippen LogP contribution in [-0.4, -0.2) is 24.8 Å². The van der Waals surface area contributed by atoms with Crippen molar-refractivity contribution >= 4 is 17.1 Å². The van der Waals surface area contributed by atoms with Crippen LogP contribution >= 0.6 is 0 Å². The van der Waals surface area contributed by atoms with Crippen LogP contribution in [0.3, 0.4) is 0 Å². The molecule has 1 aliphatic heterocycles. The van der Waals surface area contributed by atoms with Crippen LogP contribution in [0.1, 0.15) is 13.8 Å². The average Bonchev–Trinajstić information content (AvgIpc) is 2.53. The smallest absolute Gasteiger partial charge is 0.155 e. The van der Waals surface area contributed by atoms with E-state index in [4.69, 9.17) is 4.74 Å². The zero-order valence-corrected chi connectivity index (χ0v) is 12.1. The van der Waals surface area contributed by atoms with Gasteiger partial charge in [-0.1, -0.05) is 11.3 Å². The highest BCUT2D eigenvalue weighted by molar-refractivity contribution is 6.10. The molecule has 1 heterocycles. The maximum Gasteiger partial charge on any atom is 0.155 e. The lowest BCUT2D eigenvalue weighted by atomic mass is 10.1. The zero-order valence-electron chi connectivity index (χ0n) is 12.1. The second kappa shape index (κ2) is 5.52. The van der Waals surface area contributed by atoms with Crippen LogP contribution in [0, 0.1) is 4.91 Å². The van der Waals surface area contributed by atoms with Gasteiger partial charge in [-0.05, 0) is 38.1 Å². The second-order valence-corrected chi connectivity index (χ2v) is 4.91. The first kappa shape index (κ1) is 13.5. The highest BCUT2D eigenvalue weighted by atomic mass is 16.5. The fourth-order valence-corrected chi connectivity index (χ4v) is 2.52. The molecule has 0 saturated heterocycles. The topological polar surface area (TPSA) is 54.3 Å². The van der Waals surface area contributed by atoms with Gasteiger partial charge in [-0.3, -0.25) is 0 Å². The Morgan fingerprint density at radius 2 is 2.14 bits per heavy atom. The number of hydrogen-bond acceptors (Lipinski definition) is 5. The third kappa shape index (κ3) is 2.46. The molecule has 0 aromatic heterocycles. The van der Waals surface area contributed by atoms with Crippen LogP contribution in [0.25, 0.3) is 0 Å². The Morgan fingerprint density at radius 1 is 1.33 bits per heavy atom. The van der Waals surface area contributed by atoms with E-state index >= 15 is 0 Å². The van der Waals surface area contributed by atoms with Crippen molar-refractivity contribution in [3.8, 4) is 5.75 Å². The number of allylic oxidation sites excluding steroid dienone is 1. The van der Waals surface area contributed by atoms with E-state index in [2.05, 4.69) is 35.0 Å². The molecule has 1 aromatic carbocycles. The maximum atomic E-state index is 10.7. The van der Waals surface area contributed by atoms with Crippen molar-refractivity contribution in [2.24, 2.45) is 10.2 Å². The Kier molecular flexibility index (Phi) is 3.56. The summed E-state index contributed by atoms with van der Waals surface area (Å²) in [5.74, 6) is 1.32. The van der Waals surface area contributed by atoms with E-state index in [-0.39, 0.29) is 0 Å². The lowest BCUT2D eigenvalue weighted by Gasteiger charge is -2.25. The van der Waals surface area contributed by atoms with Gasteiger partial charge in [0.15, 0.2) is 11.5 Å². The molecule has 1 atom stereocenters. The van der Waals surface area contributed by atoms with Gasteiger partial charge >= 0.3 is 0 Å². The summed E-state index contributed by atoms with van der Waals surface area (Å²) in [7, 11) is 0. The number of benzene rings is 1. The van der Waals surface area contributed by atoms with Crippen LogP contribution in [0.4, 0.5) is 11.4 Å². The van der Waals surface area contributed by atoms with E-state index in [1.54, 1.807) is 18.2 Å². The monoisotopic (exact) mass is 283 g/mol. The lowest BCUT2D eigenvalue weighted by Crippen LogP contribution is -2.22. The van der Waals surface area contributed by atoms with Crippen molar-refractivity contribution in [2.45, 2.75) is 19.9 Å². The van der Waals surface area contributed by atoms with Gasteiger partial charge in [-0.2, -0.15) is 0 Å². The highest BCUT2D eigenvalue weighted by Crippen LogP contribution is 2.38. The van der Waals surface area contributed by atoms with Crippen molar-refractivity contribution in [1.82, 2.24) is 0 Å². The van der Waals surface area contributed by atoms with E-state index in [0.717, 1.165) is 30.2 Å². The summed E-state index contributed by atoms with van der Waals surface area (Å²) in [5, 5.41) is 3.01. The summed E-state index contributed by atoms with van der Waals surface area (Å²) in [6.07, 6.45) is 5.19. The minimum Gasteiger partial charge on any atom is -0.453 e. The number of rotatable bonds is 4. The van der Waals surface area contributed by atoms with E-state index in [0.29, 0.717) is 11.5 Å². The molecule has 0 saturated carbocycles. The van der Waals surface area contributed by atoms with Crippen molar-refractivity contribution in [2.75, 3.05) is 18.0 Å². The molecule has 0 bridgehead atoms. The third-order valence-electron chi connectivity index (χ3n) is 3.68. The van der Waals surface area contributed by atoms with Crippen LogP contribution in [-0.2, 0) is 0 Å². The van der Waals surface area contributed by atoms with Crippen molar-refractivity contribution < 1.29 is 4.74 Å². The number of fused-ring (bicyclic) bond motifs is 2. The Bertz CT molecular complexity index is 657. The van der Waals surface area contributed by atoms with Gasteiger partial charge in [0.2, 0.25) is 0 Å². The molecule has 1 aromatic rings. The first-order valence-electron chi connectivity index (χ1n) is 7.13. The zero-order chi connectivity index (χ0) is 14.8. The first-order chi connectivity index (χ1) is 10.2. The third-order valence-corrected chi connectivity index (χ3v) is 3.68. The van der Waals surface area contributed by atoms with Crippen LogP contribution in [0.2, 0.25) is 0 Å². The molecular weight excluding hydrogens is 266 g/mol. The molecule has 0 spiro atoms. The molecule has 0 fully saturated rings. The Hall–Kier alpha value is -2.43. The maximum absolute atomic E-state index is 10.7. The van der Waals surface area contributed by atoms with Gasteiger partial charge in [-0.15, -0.1) is 4.91 Å². The largest absolute Gasteiger partial charge is 0.453 e. The Labute approximate surface area is 123 Å². The Morgan fingerprint density at radius 3 is 2.86 bits per heavy atom. The minimum atomic E-state index is -0.480. The summed E-state index contributed by atoms with van der Waals surface area (Å²) in [5.41, 5.74) is 2.65. The molecule has 2 aliphatic rings. The molecule has 108 valence electrons. The predicted octanol–water partition coefficient (Wildman–Crippen LogP) is 3.59. The molecule has 1 unspecified atom stereocenters. The van der Waals surface area contributed by atoms with Crippen LogP contribution in [0.5, 0.6) is 5.75 Å². The SMILES string of the molecule is CCN(CC)c1ccc2c(c1)OC1=CC(N=O)C=CC1=N2. The van der Waals surface area contributed by atoms with E-state index in [1.165, 1.54) is 0 Å². The van der Waals surface area contributed by atoms with Gasteiger partial charge in [0, 0.05) is 24.8 Å². The predicted molar refractivity (Wildman–Crippen MR) is 84.5 cm³/mol. The van der Waals surface area contributed by atoms with Gasteiger partial charge in [0.1, 0.15) is 17.4 Å². The molecule has 5 nitrogen and oxygen atoms in total. The summed E-state index contributed by atoms with van der Waals surface area (Å²) < 4.78 is 5.90. The molecule has 3 rings (SSSR count). The highest BCUT2D eigenvalue weighted by Gasteiger charge is 2.22. The molecule has 0 amide bonds. The number of nitroso groups, excluding NO2 is 1. The number of anilines is 1. The molecular formula is C16H17N3O2. The molecule has 0 radical (unpaired) electrons. The lowest BCUT2D eigenvalue weighted by molar-refractivity contribution is 0.446.